The Morgan fingerprint density at radius 3 is 2.77 bits per heavy atom. The summed E-state index contributed by atoms with van der Waals surface area (Å²) in [7, 11) is 0. The summed E-state index contributed by atoms with van der Waals surface area (Å²) in [5.41, 5.74) is 2.36. The van der Waals surface area contributed by atoms with Crippen molar-refractivity contribution >= 4 is 22.6 Å². The fourth-order valence-corrected chi connectivity index (χ4v) is 7.37. The Morgan fingerprint density at radius 2 is 1.97 bits per heavy atom. The molecular weight excluding hydrogens is 446 g/mol. The number of hydrogen-bond acceptors (Lipinski definition) is 8. The highest BCUT2D eigenvalue weighted by Crippen LogP contribution is 2.57. The fraction of sp³-hybridized carbons (Fsp3) is 0.600. The van der Waals surface area contributed by atoms with Gasteiger partial charge in [-0.2, -0.15) is 4.98 Å². The van der Waals surface area contributed by atoms with E-state index in [0.717, 1.165) is 80.3 Å². The molecule has 8 rings (SSSR count). The van der Waals surface area contributed by atoms with Crippen LogP contribution >= 0.6 is 0 Å². The first-order valence-corrected chi connectivity index (χ1v) is 12.8. The van der Waals surface area contributed by atoms with E-state index >= 15 is 0 Å². The van der Waals surface area contributed by atoms with Crippen molar-refractivity contribution < 1.29 is 14.4 Å². The molecule has 5 fully saturated rings. The van der Waals surface area contributed by atoms with Crippen molar-refractivity contribution in [3.63, 3.8) is 0 Å². The van der Waals surface area contributed by atoms with E-state index in [9.17, 15) is 9.90 Å². The molecule has 2 unspecified atom stereocenters. The highest BCUT2D eigenvalue weighted by atomic mass is 16.5. The van der Waals surface area contributed by atoms with Gasteiger partial charge in [-0.1, -0.05) is 5.16 Å². The number of carbonyl (C=O) groups excluding carboxylic acids is 1. The maximum atomic E-state index is 12.8. The highest BCUT2D eigenvalue weighted by molar-refractivity contribution is 5.98. The van der Waals surface area contributed by atoms with Crippen molar-refractivity contribution in [2.45, 2.75) is 62.6 Å². The molecule has 3 aromatic rings. The van der Waals surface area contributed by atoms with Crippen LogP contribution in [0, 0.1) is 17.8 Å². The Hall–Kier alpha value is -2.98. The molecule has 1 aliphatic heterocycles. The van der Waals surface area contributed by atoms with Gasteiger partial charge in [-0.05, 0) is 81.9 Å². The maximum absolute atomic E-state index is 12.8. The number of aromatic amines is 1. The lowest BCUT2D eigenvalue weighted by atomic mass is 9.51. The minimum Gasteiger partial charge on any atom is -0.393 e. The van der Waals surface area contributed by atoms with E-state index in [1.54, 1.807) is 6.20 Å². The third-order valence-electron chi connectivity index (χ3n) is 8.74. The molecule has 4 aliphatic carbocycles. The molecule has 10 nitrogen and oxygen atoms in total. The second-order valence-electron chi connectivity index (χ2n) is 11.1. The van der Waals surface area contributed by atoms with E-state index in [1.165, 1.54) is 0 Å². The van der Waals surface area contributed by atoms with Gasteiger partial charge in [-0.15, -0.1) is 0 Å². The number of anilines is 1. The maximum Gasteiger partial charge on any atom is 0.316 e. The Bertz CT molecular complexity index is 1250. The Balaban J connectivity index is 1.21. The van der Waals surface area contributed by atoms with Crippen LogP contribution in [0.1, 0.15) is 55.6 Å². The number of rotatable bonds is 5. The summed E-state index contributed by atoms with van der Waals surface area (Å²) in [6.07, 6.45) is 10.5. The molecule has 0 radical (unpaired) electrons. The van der Waals surface area contributed by atoms with Crippen LogP contribution in [-0.2, 0) is 0 Å². The summed E-state index contributed by atoms with van der Waals surface area (Å²) >= 11 is 0. The molecule has 184 valence electrons. The predicted molar refractivity (Wildman–Crippen MR) is 129 cm³/mol. The van der Waals surface area contributed by atoms with Crippen LogP contribution in [0.25, 0.3) is 22.4 Å². The third kappa shape index (κ3) is 3.61. The second-order valence-corrected chi connectivity index (χ2v) is 11.1. The van der Waals surface area contributed by atoms with E-state index < -0.39 is 0 Å². The zero-order valence-electron chi connectivity index (χ0n) is 19.6. The number of amides is 1. The number of H-pyrrole nitrogens is 1. The van der Waals surface area contributed by atoms with E-state index in [1.807, 2.05) is 12.3 Å². The number of piperidine rings is 1. The van der Waals surface area contributed by atoms with E-state index in [2.05, 4.69) is 36.1 Å². The highest BCUT2D eigenvalue weighted by Gasteiger charge is 2.55. The van der Waals surface area contributed by atoms with Gasteiger partial charge in [-0.25, -0.2) is 4.98 Å². The molecule has 5 atom stereocenters. The van der Waals surface area contributed by atoms with Crippen molar-refractivity contribution in [2.24, 2.45) is 17.8 Å². The molecule has 0 aromatic carbocycles. The van der Waals surface area contributed by atoms with Gasteiger partial charge in [0.15, 0.2) is 0 Å². The van der Waals surface area contributed by atoms with Crippen LogP contribution in [0.5, 0.6) is 0 Å². The molecule has 3 aromatic heterocycles. The number of aromatic nitrogens is 4. The molecule has 1 saturated heterocycles. The van der Waals surface area contributed by atoms with E-state index in [4.69, 9.17) is 4.52 Å². The van der Waals surface area contributed by atoms with Crippen LogP contribution < -0.4 is 16.0 Å². The number of pyridine rings is 1. The van der Waals surface area contributed by atoms with Crippen molar-refractivity contribution in [3.05, 3.63) is 24.4 Å². The first-order chi connectivity index (χ1) is 17.1. The molecule has 1 amide bonds. The van der Waals surface area contributed by atoms with Crippen molar-refractivity contribution in [2.75, 3.05) is 18.4 Å². The number of aliphatic hydroxyl groups excluding tert-OH is 1. The van der Waals surface area contributed by atoms with Crippen LogP contribution in [-0.4, -0.2) is 61.9 Å². The van der Waals surface area contributed by atoms with Gasteiger partial charge < -0.3 is 30.6 Å². The summed E-state index contributed by atoms with van der Waals surface area (Å²) in [5.74, 6) is 1.36. The predicted octanol–water partition coefficient (Wildman–Crippen LogP) is 2.45. The SMILES string of the molecule is O=C(NC1CCNCC1)c1nc(-c2cnc3[nH]ccc3c2N[C@@]23CC4C[C@H](C2)C(O)[C@@H](C4)C3)no1. The van der Waals surface area contributed by atoms with Crippen molar-refractivity contribution in [3.8, 4) is 11.4 Å². The van der Waals surface area contributed by atoms with Gasteiger partial charge in [0.1, 0.15) is 5.65 Å². The summed E-state index contributed by atoms with van der Waals surface area (Å²) in [6, 6.07) is 2.12. The van der Waals surface area contributed by atoms with Crippen LogP contribution in [0.2, 0.25) is 0 Å². The van der Waals surface area contributed by atoms with E-state index in [-0.39, 0.29) is 29.5 Å². The largest absolute Gasteiger partial charge is 0.393 e. The van der Waals surface area contributed by atoms with Crippen molar-refractivity contribution in [1.29, 1.82) is 0 Å². The van der Waals surface area contributed by atoms with Crippen LogP contribution in [0.15, 0.2) is 23.0 Å². The molecule has 0 spiro atoms. The number of carbonyl (C=O) groups is 1. The summed E-state index contributed by atoms with van der Waals surface area (Å²) < 4.78 is 5.39. The van der Waals surface area contributed by atoms with Gasteiger partial charge in [0.05, 0.1) is 17.4 Å². The Kier molecular flexibility index (Phi) is 4.89. The summed E-state index contributed by atoms with van der Waals surface area (Å²) in [4.78, 5) is 25.0. The Labute approximate surface area is 202 Å². The minimum absolute atomic E-state index is 0.0309. The van der Waals surface area contributed by atoms with E-state index in [0.29, 0.717) is 23.6 Å². The first kappa shape index (κ1) is 21.3. The number of hydrogen-bond donors (Lipinski definition) is 5. The zero-order chi connectivity index (χ0) is 23.6. The Morgan fingerprint density at radius 1 is 1.17 bits per heavy atom. The second kappa shape index (κ2) is 8.03. The minimum atomic E-state index is -0.337. The number of fused-ring (bicyclic) bond motifs is 1. The molecule has 4 bridgehead atoms. The number of nitrogens with one attached hydrogen (secondary N) is 4. The monoisotopic (exact) mass is 477 g/mol. The lowest BCUT2D eigenvalue weighted by Gasteiger charge is -2.59. The molecule has 4 saturated carbocycles. The molecule has 5 N–H and O–H groups in total. The quantitative estimate of drug-likeness (QED) is 0.377. The zero-order valence-corrected chi connectivity index (χ0v) is 19.6. The first-order valence-electron chi connectivity index (χ1n) is 12.8. The molecule has 10 heteroatoms. The van der Waals surface area contributed by atoms with Crippen molar-refractivity contribution in [1.82, 2.24) is 30.7 Å². The van der Waals surface area contributed by atoms with Gasteiger partial charge in [0.2, 0.25) is 5.82 Å². The smallest absolute Gasteiger partial charge is 0.316 e. The van der Waals surface area contributed by atoms with Gasteiger partial charge in [0, 0.05) is 29.4 Å². The topological polar surface area (TPSA) is 141 Å². The normalized spacial score (nSPS) is 32.3. The summed E-state index contributed by atoms with van der Waals surface area (Å²) in [6.45, 7) is 1.78. The number of aliphatic hydroxyl groups is 1. The fourth-order valence-electron chi connectivity index (χ4n) is 7.37. The molecular formula is C25H31N7O3. The third-order valence-corrected chi connectivity index (χ3v) is 8.74. The lowest BCUT2D eigenvalue weighted by Crippen LogP contribution is -2.60. The summed E-state index contributed by atoms with van der Waals surface area (Å²) in [5, 5.41) is 26.1. The van der Waals surface area contributed by atoms with Gasteiger partial charge in [0.25, 0.3) is 0 Å². The van der Waals surface area contributed by atoms with Crippen LogP contribution in [0.4, 0.5) is 5.69 Å². The van der Waals surface area contributed by atoms with Crippen LogP contribution in [0.3, 0.4) is 0 Å². The standard InChI is InChI=1S/C25H31N7O3/c33-20-14-7-13-8-15(20)11-25(9-13,10-14)31-19-17-3-6-27-21(17)28-12-18(19)22-30-24(35-32-22)23(34)29-16-1-4-26-5-2-16/h3,6,12-16,20,26,33H,1-2,4-5,7-11H2,(H,29,34)(H2,27,28,31)/t13?,14-,15+,20?,25+. The number of nitrogens with zero attached hydrogens (tertiary/aromatic N) is 3. The average molecular weight is 478 g/mol. The van der Waals surface area contributed by atoms with Gasteiger partial charge in [-0.3, -0.25) is 4.79 Å². The molecule has 35 heavy (non-hydrogen) atoms. The average Bonchev–Trinajstić information content (AvgIpc) is 3.53. The lowest BCUT2D eigenvalue weighted by molar-refractivity contribution is -0.0960. The molecule has 4 heterocycles. The molecule has 5 aliphatic rings. The van der Waals surface area contributed by atoms with Gasteiger partial charge >= 0.3 is 11.8 Å².